The fourth-order valence-electron chi connectivity index (χ4n) is 1.55. The average molecular weight is 163 g/mol. The lowest BCUT2D eigenvalue weighted by Crippen LogP contribution is -2.21. The van der Waals surface area contributed by atoms with Gasteiger partial charge in [-0.25, -0.2) is 0 Å². The van der Waals surface area contributed by atoms with Crippen LogP contribution in [0.2, 0.25) is 0 Å². The zero-order valence-electron chi connectivity index (χ0n) is 8.04. The number of hydrogen-bond donors (Lipinski definition) is 1. The van der Waals surface area contributed by atoms with Gasteiger partial charge in [0.2, 0.25) is 0 Å². The molecule has 1 rings (SSSR count). The van der Waals surface area contributed by atoms with Crippen molar-refractivity contribution in [3.8, 4) is 0 Å². The maximum atomic E-state index is 3.32. The van der Waals surface area contributed by atoms with Gasteiger partial charge >= 0.3 is 0 Å². The lowest BCUT2D eigenvalue weighted by atomic mass is 9.96. The van der Waals surface area contributed by atoms with Crippen molar-refractivity contribution in [3.63, 3.8) is 0 Å². The monoisotopic (exact) mass is 163 g/mol. The molecule has 1 aromatic carbocycles. The molecule has 1 nitrogen and oxygen atoms in total. The highest BCUT2D eigenvalue weighted by Gasteiger charge is 2.11. The molecule has 0 radical (unpaired) electrons. The number of hydrogen-bond acceptors (Lipinski definition) is 1. The minimum Gasteiger partial charge on any atom is -0.313 e. The van der Waals surface area contributed by atoms with Crippen LogP contribution in [0.25, 0.3) is 0 Å². The molecular weight excluding hydrogens is 146 g/mol. The molecule has 0 aliphatic carbocycles. The Bertz CT molecular complexity index is 216. The summed E-state index contributed by atoms with van der Waals surface area (Å²) < 4.78 is 0. The van der Waals surface area contributed by atoms with Crippen molar-refractivity contribution in [1.82, 2.24) is 5.32 Å². The van der Waals surface area contributed by atoms with E-state index in [1.165, 1.54) is 5.56 Å². The van der Waals surface area contributed by atoms with Crippen LogP contribution >= 0.6 is 0 Å². The topological polar surface area (TPSA) is 12.0 Å². The Hall–Kier alpha value is -0.820. The van der Waals surface area contributed by atoms with Gasteiger partial charge in [0.05, 0.1) is 0 Å². The van der Waals surface area contributed by atoms with Gasteiger partial charge < -0.3 is 5.32 Å². The zero-order chi connectivity index (χ0) is 8.97. The standard InChI is InChI=1S/C11H17N/c1-9(2)11(12-3)10-7-5-4-6-8-10/h4-9,11-12H,1-3H3/t11-/m1/s1. The van der Waals surface area contributed by atoms with Gasteiger partial charge in [0.1, 0.15) is 0 Å². The molecule has 0 aliphatic rings. The molecule has 0 fully saturated rings. The molecule has 66 valence electrons. The molecule has 0 aliphatic heterocycles. The first-order valence-corrected chi connectivity index (χ1v) is 4.48. The number of rotatable bonds is 3. The predicted octanol–water partition coefficient (Wildman–Crippen LogP) is 2.60. The molecule has 12 heavy (non-hydrogen) atoms. The Morgan fingerprint density at radius 3 is 2.08 bits per heavy atom. The van der Waals surface area contributed by atoms with Crippen LogP contribution in [0.5, 0.6) is 0 Å². The van der Waals surface area contributed by atoms with E-state index in [4.69, 9.17) is 0 Å². The third-order valence-corrected chi connectivity index (χ3v) is 2.14. The fraction of sp³-hybridized carbons (Fsp3) is 0.455. The Balaban J connectivity index is 2.80. The van der Waals surface area contributed by atoms with Gasteiger partial charge in [-0.3, -0.25) is 0 Å². The summed E-state index contributed by atoms with van der Waals surface area (Å²) in [5.74, 6) is 0.636. The third kappa shape index (κ3) is 2.08. The molecule has 0 aromatic heterocycles. The van der Waals surface area contributed by atoms with Crippen LogP contribution in [-0.2, 0) is 0 Å². The summed E-state index contributed by atoms with van der Waals surface area (Å²) in [6.45, 7) is 4.46. The van der Waals surface area contributed by atoms with Crippen LogP contribution < -0.4 is 5.32 Å². The number of benzene rings is 1. The van der Waals surface area contributed by atoms with Crippen molar-refractivity contribution in [2.24, 2.45) is 5.92 Å². The second-order valence-electron chi connectivity index (χ2n) is 3.42. The molecule has 0 heterocycles. The lowest BCUT2D eigenvalue weighted by Gasteiger charge is -2.20. The second kappa shape index (κ2) is 4.27. The maximum absolute atomic E-state index is 3.32. The molecule has 0 spiro atoms. The van der Waals surface area contributed by atoms with E-state index < -0.39 is 0 Å². The summed E-state index contributed by atoms with van der Waals surface area (Å²) in [4.78, 5) is 0. The zero-order valence-corrected chi connectivity index (χ0v) is 8.04. The molecule has 0 saturated heterocycles. The molecule has 1 heteroatoms. The highest BCUT2D eigenvalue weighted by atomic mass is 14.9. The first-order valence-electron chi connectivity index (χ1n) is 4.48. The highest BCUT2D eigenvalue weighted by Crippen LogP contribution is 2.19. The van der Waals surface area contributed by atoms with E-state index in [0.717, 1.165) is 0 Å². The average Bonchev–Trinajstić information content (AvgIpc) is 2.07. The van der Waals surface area contributed by atoms with Crippen molar-refractivity contribution in [1.29, 1.82) is 0 Å². The minimum absolute atomic E-state index is 0.478. The summed E-state index contributed by atoms with van der Waals surface area (Å²) in [5.41, 5.74) is 1.37. The van der Waals surface area contributed by atoms with Gasteiger partial charge in [-0.05, 0) is 18.5 Å². The largest absolute Gasteiger partial charge is 0.313 e. The van der Waals surface area contributed by atoms with Gasteiger partial charge in [0, 0.05) is 6.04 Å². The van der Waals surface area contributed by atoms with Gasteiger partial charge in [0.25, 0.3) is 0 Å². The Morgan fingerprint density at radius 1 is 1.08 bits per heavy atom. The quantitative estimate of drug-likeness (QED) is 0.722. The SMILES string of the molecule is CN[C@@H](c1ccccc1)C(C)C. The predicted molar refractivity (Wildman–Crippen MR) is 53.1 cm³/mol. The van der Waals surface area contributed by atoms with Crippen molar-refractivity contribution in [2.45, 2.75) is 19.9 Å². The molecule has 0 amide bonds. The van der Waals surface area contributed by atoms with Gasteiger partial charge in [-0.1, -0.05) is 44.2 Å². The van der Waals surface area contributed by atoms with E-state index >= 15 is 0 Å². The molecule has 1 aromatic rings. The first-order chi connectivity index (χ1) is 5.75. The van der Waals surface area contributed by atoms with E-state index in [2.05, 4.69) is 49.5 Å². The lowest BCUT2D eigenvalue weighted by molar-refractivity contribution is 0.443. The van der Waals surface area contributed by atoms with E-state index in [0.29, 0.717) is 12.0 Å². The summed E-state index contributed by atoms with van der Waals surface area (Å²) in [6.07, 6.45) is 0. The van der Waals surface area contributed by atoms with E-state index in [1.54, 1.807) is 0 Å². The Kier molecular flexibility index (Phi) is 3.30. The third-order valence-electron chi connectivity index (χ3n) is 2.14. The van der Waals surface area contributed by atoms with Gasteiger partial charge in [-0.15, -0.1) is 0 Å². The summed E-state index contributed by atoms with van der Waals surface area (Å²) in [5, 5.41) is 3.32. The van der Waals surface area contributed by atoms with E-state index in [1.807, 2.05) is 7.05 Å². The van der Waals surface area contributed by atoms with Crippen LogP contribution in [0, 0.1) is 5.92 Å². The molecule has 0 unspecified atom stereocenters. The summed E-state index contributed by atoms with van der Waals surface area (Å²) >= 11 is 0. The van der Waals surface area contributed by atoms with E-state index in [-0.39, 0.29) is 0 Å². The highest BCUT2D eigenvalue weighted by molar-refractivity contribution is 5.19. The fourth-order valence-corrected chi connectivity index (χ4v) is 1.55. The van der Waals surface area contributed by atoms with E-state index in [9.17, 15) is 0 Å². The van der Waals surface area contributed by atoms with Crippen LogP contribution in [0.15, 0.2) is 30.3 Å². The van der Waals surface area contributed by atoms with Crippen molar-refractivity contribution < 1.29 is 0 Å². The van der Waals surface area contributed by atoms with Crippen molar-refractivity contribution in [3.05, 3.63) is 35.9 Å². The molecule has 0 bridgehead atoms. The summed E-state index contributed by atoms with van der Waals surface area (Å²) in [6, 6.07) is 11.0. The van der Waals surface area contributed by atoms with Gasteiger partial charge in [0.15, 0.2) is 0 Å². The van der Waals surface area contributed by atoms with Crippen LogP contribution in [0.1, 0.15) is 25.5 Å². The van der Waals surface area contributed by atoms with Crippen molar-refractivity contribution in [2.75, 3.05) is 7.05 Å². The summed E-state index contributed by atoms with van der Waals surface area (Å²) in [7, 11) is 2.01. The minimum atomic E-state index is 0.478. The van der Waals surface area contributed by atoms with Crippen LogP contribution in [0.3, 0.4) is 0 Å². The molecule has 0 saturated carbocycles. The Labute approximate surface area is 74.8 Å². The van der Waals surface area contributed by atoms with Gasteiger partial charge in [-0.2, -0.15) is 0 Å². The second-order valence-corrected chi connectivity index (χ2v) is 3.42. The van der Waals surface area contributed by atoms with Crippen molar-refractivity contribution >= 4 is 0 Å². The first kappa shape index (κ1) is 9.27. The smallest absolute Gasteiger partial charge is 0.0340 e. The Morgan fingerprint density at radius 2 is 1.67 bits per heavy atom. The van der Waals surface area contributed by atoms with Crippen LogP contribution in [0.4, 0.5) is 0 Å². The molecular formula is C11H17N. The maximum Gasteiger partial charge on any atom is 0.0340 e. The molecule has 1 atom stereocenters. The normalized spacial score (nSPS) is 13.3. The van der Waals surface area contributed by atoms with Crippen LogP contribution in [-0.4, -0.2) is 7.05 Å². The number of nitrogens with one attached hydrogen (secondary N) is 1. The molecule has 1 N–H and O–H groups in total.